The quantitative estimate of drug-likeness (QED) is 0.310. The van der Waals surface area contributed by atoms with Crippen LogP contribution in [0.3, 0.4) is 0 Å². The van der Waals surface area contributed by atoms with E-state index in [1.807, 2.05) is 6.92 Å². The first kappa shape index (κ1) is 16.3. The van der Waals surface area contributed by atoms with Crippen molar-refractivity contribution < 1.29 is 19.1 Å². The molecule has 0 spiro atoms. The average Bonchev–Trinajstić information content (AvgIpc) is 2.95. The Hall–Kier alpha value is -1.06. The van der Waals surface area contributed by atoms with Gasteiger partial charge in [-0.05, 0) is 13.3 Å². The van der Waals surface area contributed by atoms with E-state index in [2.05, 4.69) is 4.74 Å². The van der Waals surface area contributed by atoms with Crippen molar-refractivity contribution in [2.45, 2.75) is 13.3 Å². The fraction of sp³-hybridized carbons (Fsp3) is 0.500. The number of hydrogen-bond acceptors (Lipinski definition) is 7. The summed E-state index contributed by atoms with van der Waals surface area (Å²) in [4.78, 5) is 38.6. The number of carbonyl (C=O) groups is 3. The van der Waals surface area contributed by atoms with Crippen LogP contribution < -0.4 is 0 Å². The SMILES string of the molecule is CCN1C(=O)C(=C2SCN(CCCOC=O)C2=O)SC1=S. The van der Waals surface area contributed by atoms with Crippen LogP contribution in [0.15, 0.2) is 9.81 Å². The predicted molar refractivity (Wildman–Crippen MR) is 85.4 cm³/mol. The van der Waals surface area contributed by atoms with Crippen molar-refractivity contribution in [3.05, 3.63) is 9.81 Å². The minimum atomic E-state index is -0.186. The Labute approximate surface area is 136 Å². The molecule has 0 aromatic rings. The van der Waals surface area contributed by atoms with Crippen LogP contribution in [0.1, 0.15) is 13.3 Å². The maximum atomic E-state index is 12.3. The Bertz CT molecular complexity index is 521. The van der Waals surface area contributed by atoms with Crippen molar-refractivity contribution in [1.82, 2.24) is 9.80 Å². The third-order valence-electron chi connectivity index (χ3n) is 2.98. The fourth-order valence-electron chi connectivity index (χ4n) is 1.93. The highest BCUT2D eigenvalue weighted by molar-refractivity contribution is 8.27. The van der Waals surface area contributed by atoms with E-state index < -0.39 is 0 Å². The first-order chi connectivity index (χ1) is 10.1. The van der Waals surface area contributed by atoms with Gasteiger partial charge in [-0.2, -0.15) is 0 Å². The highest BCUT2D eigenvalue weighted by Gasteiger charge is 2.39. The van der Waals surface area contributed by atoms with E-state index in [4.69, 9.17) is 12.2 Å². The van der Waals surface area contributed by atoms with Gasteiger partial charge in [0.1, 0.15) is 4.32 Å². The molecule has 0 saturated carbocycles. The van der Waals surface area contributed by atoms with Crippen LogP contribution in [0, 0.1) is 0 Å². The molecule has 2 amide bonds. The van der Waals surface area contributed by atoms with Gasteiger partial charge >= 0.3 is 0 Å². The zero-order chi connectivity index (χ0) is 15.4. The van der Waals surface area contributed by atoms with Gasteiger partial charge < -0.3 is 9.64 Å². The van der Waals surface area contributed by atoms with Crippen LogP contribution in [0.4, 0.5) is 0 Å². The van der Waals surface area contributed by atoms with Gasteiger partial charge in [0.05, 0.1) is 22.3 Å². The van der Waals surface area contributed by atoms with Gasteiger partial charge in [0.25, 0.3) is 18.3 Å². The lowest BCUT2D eigenvalue weighted by Crippen LogP contribution is -2.29. The Morgan fingerprint density at radius 2 is 2.10 bits per heavy atom. The molecule has 21 heavy (non-hydrogen) atoms. The molecule has 0 unspecified atom stereocenters. The Balaban J connectivity index is 2.04. The molecule has 0 aliphatic carbocycles. The normalized spacial score (nSPS) is 22.4. The average molecular weight is 346 g/mol. The second-order valence-corrected chi connectivity index (χ2v) is 6.84. The van der Waals surface area contributed by atoms with E-state index >= 15 is 0 Å². The van der Waals surface area contributed by atoms with Crippen molar-refractivity contribution in [3.63, 3.8) is 0 Å². The molecule has 0 aromatic carbocycles. The molecule has 0 radical (unpaired) electrons. The fourth-order valence-corrected chi connectivity index (χ4v) is 4.57. The summed E-state index contributed by atoms with van der Waals surface area (Å²) in [5.74, 6) is 0.170. The third-order valence-corrected chi connectivity index (χ3v) is 5.66. The second kappa shape index (κ2) is 7.28. The molecule has 2 heterocycles. The Morgan fingerprint density at radius 3 is 2.71 bits per heavy atom. The van der Waals surface area contributed by atoms with Crippen LogP contribution in [0.5, 0.6) is 0 Å². The van der Waals surface area contributed by atoms with Crippen LogP contribution in [-0.4, -0.2) is 58.0 Å². The van der Waals surface area contributed by atoms with Crippen molar-refractivity contribution in [3.8, 4) is 0 Å². The van der Waals surface area contributed by atoms with Gasteiger partial charge in [0.2, 0.25) is 0 Å². The monoisotopic (exact) mass is 346 g/mol. The maximum Gasteiger partial charge on any atom is 0.293 e. The summed E-state index contributed by atoms with van der Waals surface area (Å²) < 4.78 is 5.09. The number of nitrogens with zero attached hydrogens (tertiary/aromatic N) is 2. The number of thioether (sulfide) groups is 2. The number of thiocarbonyl (C=S) groups is 1. The molecular formula is C12H14N2O4S3. The van der Waals surface area contributed by atoms with Gasteiger partial charge in [-0.3, -0.25) is 19.3 Å². The number of ether oxygens (including phenoxy) is 1. The first-order valence-electron chi connectivity index (χ1n) is 6.35. The molecule has 2 saturated heterocycles. The Morgan fingerprint density at radius 1 is 1.33 bits per heavy atom. The molecule has 2 fully saturated rings. The van der Waals surface area contributed by atoms with Gasteiger partial charge in [-0.1, -0.05) is 35.7 Å². The summed E-state index contributed by atoms with van der Waals surface area (Å²) in [5.41, 5.74) is 0. The van der Waals surface area contributed by atoms with E-state index in [9.17, 15) is 14.4 Å². The molecule has 2 rings (SSSR count). The van der Waals surface area contributed by atoms with Gasteiger partial charge in [-0.15, -0.1) is 0 Å². The van der Waals surface area contributed by atoms with Gasteiger partial charge in [0.15, 0.2) is 0 Å². The molecule has 6 nitrogen and oxygen atoms in total. The molecule has 0 bridgehead atoms. The zero-order valence-electron chi connectivity index (χ0n) is 11.4. The van der Waals surface area contributed by atoms with Crippen LogP contribution in [0.2, 0.25) is 0 Å². The molecule has 2 aliphatic heterocycles. The molecule has 0 aromatic heterocycles. The zero-order valence-corrected chi connectivity index (χ0v) is 13.8. The van der Waals surface area contributed by atoms with Crippen molar-refractivity contribution in [2.75, 3.05) is 25.6 Å². The maximum absolute atomic E-state index is 12.3. The lowest BCUT2D eigenvalue weighted by atomic mass is 10.3. The van der Waals surface area contributed by atoms with E-state index in [1.54, 1.807) is 4.90 Å². The molecule has 0 N–H and O–H groups in total. The number of amides is 2. The van der Waals surface area contributed by atoms with E-state index in [0.29, 0.717) is 46.0 Å². The van der Waals surface area contributed by atoms with E-state index in [-0.39, 0.29) is 18.4 Å². The van der Waals surface area contributed by atoms with Gasteiger partial charge in [-0.25, -0.2) is 0 Å². The smallest absolute Gasteiger partial charge is 0.293 e. The van der Waals surface area contributed by atoms with E-state index in [0.717, 1.165) is 0 Å². The first-order valence-corrected chi connectivity index (χ1v) is 8.56. The number of rotatable bonds is 6. The molecule has 114 valence electrons. The topological polar surface area (TPSA) is 66.9 Å². The summed E-state index contributed by atoms with van der Waals surface area (Å²) in [7, 11) is 0. The largest absolute Gasteiger partial charge is 0.468 e. The molecule has 0 atom stereocenters. The highest BCUT2D eigenvalue weighted by Crippen LogP contribution is 2.40. The third kappa shape index (κ3) is 3.41. The van der Waals surface area contributed by atoms with Gasteiger partial charge in [0, 0.05) is 13.1 Å². The number of carbonyl (C=O) groups excluding carboxylic acids is 3. The highest BCUT2D eigenvalue weighted by atomic mass is 32.2. The number of likely N-dealkylation sites (N-methyl/N-ethyl adjacent to an activating group) is 1. The lowest BCUT2D eigenvalue weighted by molar-refractivity contribution is -0.129. The summed E-state index contributed by atoms with van der Waals surface area (Å²) in [6, 6.07) is 0. The number of hydrogen-bond donors (Lipinski definition) is 0. The van der Waals surface area contributed by atoms with Crippen LogP contribution >= 0.6 is 35.7 Å². The standard InChI is InChI=1S/C12H14N2O4S3/c1-2-14-11(17)9(21-12(14)19)8-10(16)13(6-20-8)4-3-5-18-7-15/h7H,2-6H2,1H3. The summed E-state index contributed by atoms with van der Waals surface area (Å²) in [6.45, 7) is 3.53. The van der Waals surface area contributed by atoms with Crippen LogP contribution in [0.25, 0.3) is 0 Å². The lowest BCUT2D eigenvalue weighted by Gasteiger charge is -2.13. The second-order valence-electron chi connectivity index (χ2n) is 4.24. The molecule has 9 heteroatoms. The summed E-state index contributed by atoms with van der Waals surface area (Å²) in [5, 5.41) is 0. The van der Waals surface area contributed by atoms with Crippen LogP contribution in [-0.2, 0) is 19.1 Å². The predicted octanol–water partition coefficient (Wildman–Crippen LogP) is 1.17. The van der Waals surface area contributed by atoms with Crippen molar-refractivity contribution in [1.29, 1.82) is 0 Å². The molecular weight excluding hydrogens is 332 g/mol. The van der Waals surface area contributed by atoms with Crippen molar-refractivity contribution in [2.24, 2.45) is 0 Å². The summed E-state index contributed by atoms with van der Waals surface area (Å²) in [6.07, 6.45) is 0.578. The Kier molecular flexibility index (Phi) is 5.65. The minimum absolute atomic E-state index is 0.150. The van der Waals surface area contributed by atoms with E-state index in [1.165, 1.54) is 28.4 Å². The summed E-state index contributed by atoms with van der Waals surface area (Å²) >= 11 is 7.69. The minimum Gasteiger partial charge on any atom is -0.468 e. The van der Waals surface area contributed by atoms with Crippen molar-refractivity contribution >= 4 is 58.3 Å². The molecule has 2 aliphatic rings.